The van der Waals surface area contributed by atoms with Gasteiger partial charge in [0.15, 0.2) is 5.89 Å². The quantitative estimate of drug-likeness (QED) is 0.858. The summed E-state index contributed by atoms with van der Waals surface area (Å²) >= 11 is 2.07. The Balaban J connectivity index is 1.81. The molecule has 90 valence electrons. The standard InChI is InChI=1S/C12H20N2OS/c13-6-3-4-10-9-15-12(14-10)8-11-5-1-2-7-16-11/h9,11H,1-8,13H2. The smallest absolute Gasteiger partial charge is 0.195 e. The molecular formula is C12H20N2OS. The average molecular weight is 240 g/mol. The average Bonchev–Trinajstić information content (AvgIpc) is 2.75. The van der Waals surface area contributed by atoms with Gasteiger partial charge in [-0.2, -0.15) is 11.8 Å². The van der Waals surface area contributed by atoms with Crippen molar-refractivity contribution in [3.63, 3.8) is 0 Å². The van der Waals surface area contributed by atoms with Gasteiger partial charge in [-0.05, 0) is 38.0 Å². The molecule has 0 bridgehead atoms. The van der Waals surface area contributed by atoms with Crippen LogP contribution < -0.4 is 5.73 Å². The molecule has 0 aliphatic carbocycles. The fourth-order valence-electron chi connectivity index (χ4n) is 2.00. The fraction of sp³-hybridized carbons (Fsp3) is 0.750. The molecule has 1 fully saturated rings. The Morgan fingerprint density at radius 3 is 3.19 bits per heavy atom. The SMILES string of the molecule is NCCCc1coc(CC2CCCCS2)n1. The zero-order chi connectivity index (χ0) is 11.2. The molecule has 1 saturated heterocycles. The number of nitrogens with zero attached hydrogens (tertiary/aromatic N) is 1. The molecule has 0 radical (unpaired) electrons. The molecule has 1 aliphatic rings. The maximum Gasteiger partial charge on any atom is 0.195 e. The minimum Gasteiger partial charge on any atom is -0.449 e. The molecule has 0 amide bonds. The van der Waals surface area contributed by atoms with Crippen LogP contribution in [-0.2, 0) is 12.8 Å². The summed E-state index contributed by atoms with van der Waals surface area (Å²) in [6.45, 7) is 0.723. The first-order valence-corrected chi connectivity index (χ1v) is 7.18. The number of rotatable bonds is 5. The second kappa shape index (κ2) is 6.30. The highest BCUT2D eigenvalue weighted by atomic mass is 32.2. The van der Waals surface area contributed by atoms with E-state index in [-0.39, 0.29) is 0 Å². The van der Waals surface area contributed by atoms with E-state index in [0.29, 0.717) is 0 Å². The van der Waals surface area contributed by atoms with Gasteiger partial charge in [-0.15, -0.1) is 0 Å². The van der Waals surface area contributed by atoms with Crippen LogP contribution in [0.15, 0.2) is 10.7 Å². The molecule has 1 unspecified atom stereocenters. The maximum atomic E-state index is 5.50. The third kappa shape index (κ3) is 3.52. The summed E-state index contributed by atoms with van der Waals surface area (Å²) in [5.41, 5.74) is 6.53. The molecule has 2 rings (SSSR count). The van der Waals surface area contributed by atoms with Crippen molar-refractivity contribution in [1.29, 1.82) is 0 Å². The molecule has 1 aromatic heterocycles. The predicted octanol–water partition coefficient (Wildman–Crippen LogP) is 2.39. The highest BCUT2D eigenvalue weighted by molar-refractivity contribution is 7.99. The van der Waals surface area contributed by atoms with Crippen molar-refractivity contribution >= 4 is 11.8 Å². The first-order valence-electron chi connectivity index (χ1n) is 6.13. The Hall–Kier alpha value is -0.480. The van der Waals surface area contributed by atoms with Crippen LogP contribution in [0.2, 0.25) is 0 Å². The number of hydrogen-bond acceptors (Lipinski definition) is 4. The first-order chi connectivity index (χ1) is 7.88. The van der Waals surface area contributed by atoms with Crippen molar-refractivity contribution in [2.24, 2.45) is 5.73 Å². The van der Waals surface area contributed by atoms with E-state index in [1.54, 1.807) is 6.26 Å². The Morgan fingerprint density at radius 2 is 2.44 bits per heavy atom. The van der Waals surface area contributed by atoms with Gasteiger partial charge in [0.05, 0.1) is 5.69 Å². The topological polar surface area (TPSA) is 52.0 Å². The maximum absolute atomic E-state index is 5.50. The molecule has 3 nitrogen and oxygen atoms in total. The van der Waals surface area contributed by atoms with Crippen LogP contribution in [0.25, 0.3) is 0 Å². The third-order valence-corrected chi connectivity index (χ3v) is 4.31. The lowest BCUT2D eigenvalue weighted by Gasteiger charge is -2.19. The second-order valence-electron chi connectivity index (χ2n) is 4.32. The monoisotopic (exact) mass is 240 g/mol. The largest absolute Gasteiger partial charge is 0.449 e. The molecule has 0 spiro atoms. The Morgan fingerprint density at radius 1 is 1.50 bits per heavy atom. The van der Waals surface area contributed by atoms with E-state index in [1.807, 2.05) is 0 Å². The van der Waals surface area contributed by atoms with Gasteiger partial charge in [0, 0.05) is 11.7 Å². The van der Waals surface area contributed by atoms with Gasteiger partial charge in [-0.25, -0.2) is 4.98 Å². The molecule has 2 heterocycles. The van der Waals surface area contributed by atoms with Crippen molar-refractivity contribution < 1.29 is 4.42 Å². The summed E-state index contributed by atoms with van der Waals surface area (Å²) < 4.78 is 5.50. The number of aromatic nitrogens is 1. The van der Waals surface area contributed by atoms with E-state index in [1.165, 1.54) is 25.0 Å². The normalized spacial score (nSPS) is 21.2. The summed E-state index contributed by atoms with van der Waals surface area (Å²) in [6, 6.07) is 0. The van der Waals surface area contributed by atoms with Crippen LogP contribution >= 0.6 is 11.8 Å². The molecule has 1 aliphatic heterocycles. The van der Waals surface area contributed by atoms with Gasteiger partial charge >= 0.3 is 0 Å². The molecular weight excluding hydrogens is 220 g/mol. The fourth-order valence-corrected chi connectivity index (χ4v) is 3.30. The van der Waals surface area contributed by atoms with Gasteiger partial charge in [0.1, 0.15) is 6.26 Å². The minimum absolute atomic E-state index is 0.717. The molecule has 4 heteroatoms. The summed E-state index contributed by atoms with van der Waals surface area (Å²) in [7, 11) is 0. The van der Waals surface area contributed by atoms with Gasteiger partial charge < -0.3 is 10.2 Å². The van der Waals surface area contributed by atoms with Crippen molar-refractivity contribution in [3.8, 4) is 0 Å². The summed E-state index contributed by atoms with van der Waals surface area (Å²) in [6.07, 6.45) is 8.76. The van der Waals surface area contributed by atoms with E-state index in [9.17, 15) is 0 Å². The van der Waals surface area contributed by atoms with Crippen LogP contribution in [0.1, 0.15) is 37.3 Å². The lowest BCUT2D eigenvalue weighted by Crippen LogP contribution is -2.12. The number of oxazole rings is 1. The van der Waals surface area contributed by atoms with E-state index < -0.39 is 0 Å². The highest BCUT2D eigenvalue weighted by Crippen LogP contribution is 2.27. The predicted molar refractivity (Wildman–Crippen MR) is 67.7 cm³/mol. The molecule has 0 aromatic carbocycles. The Kier molecular flexibility index (Phi) is 4.72. The van der Waals surface area contributed by atoms with Gasteiger partial charge in [-0.3, -0.25) is 0 Å². The van der Waals surface area contributed by atoms with Gasteiger partial charge in [0.2, 0.25) is 0 Å². The van der Waals surface area contributed by atoms with Crippen molar-refractivity contribution in [3.05, 3.63) is 17.8 Å². The van der Waals surface area contributed by atoms with Crippen LogP contribution in [0.3, 0.4) is 0 Å². The highest BCUT2D eigenvalue weighted by Gasteiger charge is 2.17. The van der Waals surface area contributed by atoms with Gasteiger partial charge in [-0.1, -0.05) is 6.42 Å². The van der Waals surface area contributed by atoms with Gasteiger partial charge in [0.25, 0.3) is 0 Å². The lowest BCUT2D eigenvalue weighted by atomic mass is 10.1. The lowest BCUT2D eigenvalue weighted by molar-refractivity contribution is 0.481. The van der Waals surface area contributed by atoms with E-state index in [2.05, 4.69) is 16.7 Å². The third-order valence-electron chi connectivity index (χ3n) is 2.91. The van der Waals surface area contributed by atoms with Crippen LogP contribution in [0.5, 0.6) is 0 Å². The second-order valence-corrected chi connectivity index (χ2v) is 5.73. The Bertz CT molecular complexity index is 308. The molecule has 16 heavy (non-hydrogen) atoms. The number of thioether (sulfide) groups is 1. The van der Waals surface area contributed by atoms with Crippen molar-refractivity contribution in [2.75, 3.05) is 12.3 Å². The number of hydrogen-bond donors (Lipinski definition) is 1. The van der Waals surface area contributed by atoms with Crippen LogP contribution in [-0.4, -0.2) is 22.5 Å². The zero-order valence-corrected chi connectivity index (χ0v) is 10.5. The van der Waals surface area contributed by atoms with Crippen LogP contribution in [0, 0.1) is 0 Å². The van der Waals surface area contributed by atoms with Crippen LogP contribution in [0.4, 0.5) is 0 Å². The summed E-state index contributed by atoms with van der Waals surface area (Å²) in [4.78, 5) is 4.51. The molecule has 1 atom stereocenters. The van der Waals surface area contributed by atoms with E-state index in [0.717, 1.165) is 42.6 Å². The zero-order valence-electron chi connectivity index (χ0n) is 9.65. The number of nitrogens with two attached hydrogens (primary N) is 1. The van der Waals surface area contributed by atoms with E-state index in [4.69, 9.17) is 10.2 Å². The summed E-state index contributed by atoms with van der Waals surface area (Å²) in [5, 5.41) is 0.717. The number of aryl methyl sites for hydroxylation is 1. The summed E-state index contributed by atoms with van der Waals surface area (Å²) in [5.74, 6) is 2.21. The van der Waals surface area contributed by atoms with Crippen molar-refractivity contribution in [2.45, 2.75) is 43.8 Å². The molecule has 0 saturated carbocycles. The molecule has 2 N–H and O–H groups in total. The minimum atomic E-state index is 0.717. The van der Waals surface area contributed by atoms with E-state index >= 15 is 0 Å². The van der Waals surface area contributed by atoms with Crippen molar-refractivity contribution in [1.82, 2.24) is 4.98 Å². The first kappa shape index (κ1) is 12.0. The molecule has 1 aromatic rings. The Labute approximate surface area is 101 Å².